The topological polar surface area (TPSA) is 62.3 Å². The molecule has 1 aromatic rings. The summed E-state index contributed by atoms with van der Waals surface area (Å²) in [6.45, 7) is 9.38. The third kappa shape index (κ3) is 2.41. The minimum absolute atomic E-state index is 0.0478. The van der Waals surface area contributed by atoms with Crippen LogP contribution in [0.15, 0.2) is 12.1 Å². The number of nitrogens with zero attached hydrogens (tertiary/aromatic N) is 2. The van der Waals surface area contributed by atoms with Gasteiger partial charge in [0.1, 0.15) is 11.6 Å². The van der Waals surface area contributed by atoms with Crippen molar-refractivity contribution in [1.82, 2.24) is 10.3 Å². The molecule has 0 bridgehead atoms. The van der Waals surface area contributed by atoms with E-state index >= 15 is 0 Å². The van der Waals surface area contributed by atoms with Gasteiger partial charge in [-0.1, -0.05) is 13.8 Å². The normalized spacial score (nSPS) is 21.4. The minimum atomic E-state index is -0.805. The first-order chi connectivity index (χ1) is 9.86. The number of aromatic nitrogens is 1. The van der Waals surface area contributed by atoms with Crippen LogP contribution in [0.2, 0.25) is 0 Å². The summed E-state index contributed by atoms with van der Waals surface area (Å²) in [6, 6.07) is 3.22. The van der Waals surface area contributed by atoms with Gasteiger partial charge < -0.3 is 5.32 Å². The van der Waals surface area contributed by atoms with Crippen LogP contribution in [-0.2, 0) is 9.59 Å². The van der Waals surface area contributed by atoms with Gasteiger partial charge in [-0.3, -0.25) is 19.5 Å². The lowest BCUT2D eigenvalue weighted by atomic mass is 9.87. The monoisotopic (exact) mass is 289 g/mol. The maximum atomic E-state index is 13.0. The van der Waals surface area contributed by atoms with E-state index in [1.807, 2.05) is 39.8 Å². The van der Waals surface area contributed by atoms with Gasteiger partial charge in [-0.2, -0.15) is 0 Å². The van der Waals surface area contributed by atoms with E-state index in [9.17, 15) is 9.59 Å². The Morgan fingerprint density at radius 1 is 1.24 bits per heavy atom. The molecule has 21 heavy (non-hydrogen) atoms. The summed E-state index contributed by atoms with van der Waals surface area (Å²) in [6.07, 6.45) is 1.16. The quantitative estimate of drug-likeness (QED) is 0.927. The van der Waals surface area contributed by atoms with Crippen molar-refractivity contribution in [2.45, 2.75) is 59.0 Å². The number of hydrogen-bond donors (Lipinski definition) is 1. The van der Waals surface area contributed by atoms with Crippen molar-refractivity contribution in [2.75, 3.05) is 4.90 Å². The molecule has 1 saturated heterocycles. The van der Waals surface area contributed by atoms with Crippen molar-refractivity contribution >= 4 is 17.5 Å². The number of carbonyl (C=O) groups is 2. The van der Waals surface area contributed by atoms with Crippen molar-refractivity contribution in [3.8, 4) is 0 Å². The van der Waals surface area contributed by atoms with Gasteiger partial charge in [0, 0.05) is 5.69 Å². The molecule has 0 saturated carbocycles. The molecule has 5 heteroatoms. The van der Waals surface area contributed by atoms with E-state index in [4.69, 9.17) is 0 Å². The van der Waals surface area contributed by atoms with Gasteiger partial charge in [-0.25, -0.2) is 0 Å². The molecule has 0 aromatic carbocycles. The fourth-order valence-electron chi connectivity index (χ4n) is 2.90. The number of nitrogens with one attached hydrogen (secondary N) is 1. The van der Waals surface area contributed by atoms with Crippen molar-refractivity contribution in [3.63, 3.8) is 0 Å². The van der Waals surface area contributed by atoms with E-state index < -0.39 is 11.6 Å². The summed E-state index contributed by atoms with van der Waals surface area (Å²) in [5.74, 6) is -0.161. The second kappa shape index (κ2) is 5.47. The molecule has 114 valence electrons. The molecule has 1 atom stereocenters. The first-order valence-electron chi connectivity index (χ1n) is 7.46. The average Bonchev–Trinajstić information content (AvgIpc) is 2.45. The molecule has 0 radical (unpaired) electrons. The first kappa shape index (κ1) is 15.5. The van der Waals surface area contributed by atoms with Gasteiger partial charge in [-0.05, 0) is 45.7 Å². The van der Waals surface area contributed by atoms with Gasteiger partial charge in [0.15, 0.2) is 0 Å². The van der Waals surface area contributed by atoms with Gasteiger partial charge in [-0.15, -0.1) is 0 Å². The van der Waals surface area contributed by atoms with Crippen LogP contribution < -0.4 is 10.2 Å². The number of rotatable bonds is 3. The average molecular weight is 289 g/mol. The SMILES string of the molecule is CCC1(CC)NC(=O)C(C)N(c2ccc(C)nc2C)C1=O. The maximum absolute atomic E-state index is 13.0. The molecule has 1 unspecified atom stereocenters. The molecule has 1 aliphatic rings. The summed E-state index contributed by atoms with van der Waals surface area (Å²) < 4.78 is 0. The molecule has 0 spiro atoms. The van der Waals surface area contributed by atoms with Crippen LogP contribution in [0.3, 0.4) is 0 Å². The largest absolute Gasteiger partial charge is 0.340 e. The van der Waals surface area contributed by atoms with Crippen LogP contribution in [-0.4, -0.2) is 28.4 Å². The molecule has 0 aliphatic carbocycles. The summed E-state index contributed by atoms with van der Waals surface area (Å²) in [4.78, 5) is 31.3. The standard InChI is InChI=1S/C16H23N3O2/c1-6-16(7-2)15(21)19(12(5)14(20)18-16)13-9-8-10(3)17-11(13)4/h8-9,12H,6-7H2,1-5H3,(H,18,20). The van der Waals surface area contributed by atoms with Crippen molar-refractivity contribution in [2.24, 2.45) is 0 Å². The molecule has 2 rings (SSSR count). The molecular formula is C16H23N3O2. The summed E-state index contributed by atoms with van der Waals surface area (Å²) >= 11 is 0. The third-order valence-corrected chi connectivity index (χ3v) is 4.42. The van der Waals surface area contributed by atoms with E-state index in [0.29, 0.717) is 12.8 Å². The van der Waals surface area contributed by atoms with Crippen LogP contribution in [0.25, 0.3) is 0 Å². The molecule has 1 aromatic heterocycles. The van der Waals surface area contributed by atoms with E-state index in [2.05, 4.69) is 10.3 Å². The second-order valence-corrected chi connectivity index (χ2v) is 5.69. The molecule has 5 nitrogen and oxygen atoms in total. The van der Waals surface area contributed by atoms with Crippen LogP contribution in [0.5, 0.6) is 0 Å². The zero-order valence-electron chi connectivity index (χ0n) is 13.4. The third-order valence-electron chi connectivity index (χ3n) is 4.42. The van der Waals surface area contributed by atoms with E-state index in [-0.39, 0.29) is 11.8 Å². The Hall–Kier alpha value is -1.91. The molecular weight excluding hydrogens is 266 g/mol. The summed E-state index contributed by atoms with van der Waals surface area (Å²) in [7, 11) is 0. The number of anilines is 1. The highest BCUT2D eigenvalue weighted by Gasteiger charge is 2.48. The number of aryl methyl sites for hydroxylation is 2. The smallest absolute Gasteiger partial charge is 0.253 e. The number of carbonyl (C=O) groups excluding carboxylic acids is 2. The Morgan fingerprint density at radius 2 is 1.86 bits per heavy atom. The van der Waals surface area contributed by atoms with Gasteiger partial charge in [0.05, 0.1) is 11.4 Å². The predicted octanol–water partition coefficient (Wildman–Crippen LogP) is 2.11. The number of piperazine rings is 1. The second-order valence-electron chi connectivity index (χ2n) is 5.69. The van der Waals surface area contributed by atoms with E-state index in [1.54, 1.807) is 11.8 Å². The van der Waals surface area contributed by atoms with Crippen molar-refractivity contribution in [3.05, 3.63) is 23.5 Å². The summed E-state index contributed by atoms with van der Waals surface area (Å²) in [5.41, 5.74) is 1.58. The van der Waals surface area contributed by atoms with Crippen molar-refractivity contribution < 1.29 is 9.59 Å². The predicted molar refractivity (Wildman–Crippen MR) is 82.1 cm³/mol. The van der Waals surface area contributed by atoms with Crippen LogP contribution in [0.1, 0.15) is 45.0 Å². The van der Waals surface area contributed by atoms with E-state index in [0.717, 1.165) is 17.1 Å². The lowest BCUT2D eigenvalue weighted by molar-refractivity contribution is -0.138. The van der Waals surface area contributed by atoms with Crippen LogP contribution in [0.4, 0.5) is 5.69 Å². The minimum Gasteiger partial charge on any atom is -0.340 e. The fourth-order valence-corrected chi connectivity index (χ4v) is 2.90. The number of amides is 2. The van der Waals surface area contributed by atoms with Gasteiger partial charge >= 0.3 is 0 Å². The molecule has 1 fully saturated rings. The van der Waals surface area contributed by atoms with Crippen molar-refractivity contribution in [1.29, 1.82) is 0 Å². The first-order valence-corrected chi connectivity index (χ1v) is 7.46. The number of pyridine rings is 1. The Labute approximate surface area is 125 Å². The fraction of sp³-hybridized carbons (Fsp3) is 0.562. The highest BCUT2D eigenvalue weighted by molar-refractivity contribution is 6.10. The Bertz CT molecular complexity index is 579. The van der Waals surface area contributed by atoms with Gasteiger partial charge in [0.25, 0.3) is 5.91 Å². The molecule has 1 aliphatic heterocycles. The highest BCUT2D eigenvalue weighted by atomic mass is 16.2. The molecule has 2 heterocycles. The zero-order chi connectivity index (χ0) is 15.8. The maximum Gasteiger partial charge on any atom is 0.253 e. The zero-order valence-corrected chi connectivity index (χ0v) is 13.4. The molecule has 2 amide bonds. The summed E-state index contributed by atoms with van der Waals surface area (Å²) in [5, 5.41) is 2.91. The highest BCUT2D eigenvalue weighted by Crippen LogP contribution is 2.30. The van der Waals surface area contributed by atoms with Gasteiger partial charge in [0.2, 0.25) is 5.91 Å². The lowest BCUT2D eigenvalue weighted by Gasteiger charge is -2.44. The Balaban J connectivity index is 2.53. The Kier molecular flexibility index (Phi) is 4.03. The number of hydrogen-bond acceptors (Lipinski definition) is 3. The molecule has 1 N–H and O–H groups in total. The van der Waals surface area contributed by atoms with E-state index in [1.165, 1.54) is 0 Å². The van der Waals surface area contributed by atoms with Crippen LogP contribution >= 0.6 is 0 Å². The Morgan fingerprint density at radius 3 is 2.38 bits per heavy atom. The van der Waals surface area contributed by atoms with Crippen LogP contribution in [0, 0.1) is 13.8 Å². The lowest BCUT2D eigenvalue weighted by Crippen LogP contribution is -2.69.